The molecule has 0 aromatic carbocycles. The summed E-state index contributed by atoms with van der Waals surface area (Å²) in [5.74, 6) is -1.45. The number of fused-ring (bicyclic) bond motifs is 1. The van der Waals surface area contributed by atoms with Gasteiger partial charge in [0.15, 0.2) is 11.6 Å². The van der Waals surface area contributed by atoms with Gasteiger partial charge in [0.2, 0.25) is 6.10 Å². The molecule has 0 bridgehead atoms. The van der Waals surface area contributed by atoms with E-state index in [0.717, 1.165) is 6.07 Å². The van der Waals surface area contributed by atoms with Gasteiger partial charge in [0.1, 0.15) is 17.0 Å². The lowest BCUT2D eigenvalue weighted by Crippen LogP contribution is -2.34. The van der Waals surface area contributed by atoms with Gasteiger partial charge in [-0.25, -0.2) is 19.0 Å². The highest BCUT2D eigenvalue weighted by Gasteiger charge is 2.35. The minimum absolute atomic E-state index is 0.132. The van der Waals surface area contributed by atoms with Crippen LogP contribution in [0, 0.1) is 5.82 Å². The van der Waals surface area contributed by atoms with Crippen LogP contribution < -0.4 is 10.1 Å². The number of nitrogens with zero attached hydrogens (tertiary/aromatic N) is 1. The van der Waals surface area contributed by atoms with E-state index in [9.17, 15) is 14.0 Å². The van der Waals surface area contributed by atoms with Crippen molar-refractivity contribution in [3.05, 3.63) is 17.6 Å². The average Bonchev–Trinajstić information content (AvgIpc) is 2.77. The molecule has 1 atom stereocenters. The molecule has 1 amide bonds. The molecule has 0 aliphatic carbocycles. The van der Waals surface area contributed by atoms with Crippen LogP contribution >= 0.6 is 0 Å². The summed E-state index contributed by atoms with van der Waals surface area (Å²) in [5.41, 5.74) is -1.01. The van der Waals surface area contributed by atoms with Crippen molar-refractivity contribution in [3.63, 3.8) is 0 Å². The molecule has 1 aliphatic heterocycles. The van der Waals surface area contributed by atoms with Crippen molar-refractivity contribution in [3.8, 4) is 5.75 Å². The predicted molar refractivity (Wildman–Crippen MR) is 88.0 cm³/mol. The molecule has 2 heterocycles. The summed E-state index contributed by atoms with van der Waals surface area (Å²) in [7, 11) is 0. The molecule has 1 unspecified atom stereocenters. The van der Waals surface area contributed by atoms with Gasteiger partial charge in [0, 0.05) is 12.5 Å². The van der Waals surface area contributed by atoms with E-state index in [1.807, 2.05) is 0 Å². The quantitative estimate of drug-likeness (QED) is 0.821. The Morgan fingerprint density at radius 1 is 1.20 bits per heavy atom. The van der Waals surface area contributed by atoms with E-state index in [-0.39, 0.29) is 18.0 Å². The molecule has 0 spiro atoms. The Morgan fingerprint density at radius 2 is 1.80 bits per heavy atom. The van der Waals surface area contributed by atoms with E-state index in [1.165, 1.54) is 0 Å². The SMILES string of the molecule is CC(C)(C)OC(=O)Nc1nc2c(cc1F)OC(C(=O)OC(C)(C)C)C2. The Kier molecular flexibility index (Phi) is 4.92. The highest BCUT2D eigenvalue weighted by atomic mass is 19.1. The van der Waals surface area contributed by atoms with Crippen LogP contribution in [-0.4, -0.2) is 34.4 Å². The molecule has 1 aromatic rings. The molecule has 0 fully saturated rings. The van der Waals surface area contributed by atoms with Crippen LogP contribution in [-0.2, 0) is 20.7 Å². The summed E-state index contributed by atoms with van der Waals surface area (Å²) in [6.45, 7) is 10.3. The van der Waals surface area contributed by atoms with Gasteiger partial charge in [-0.1, -0.05) is 0 Å². The molecule has 0 saturated heterocycles. The summed E-state index contributed by atoms with van der Waals surface area (Å²) < 4.78 is 29.8. The van der Waals surface area contributed by atoms with Crippen LogP contribution in [0.5, 0.6) is 5.75 Å². The fraction of sp³-hybridized carbons (Fsp3) is 0.588. The first kappa shape index (κ1) is 19.0. The maximum Gasteiger partial charge on any atom is 0.413 e. The van der Waals surface area contributed by atoms with E-state index in [1.54, 1.807) is 41.5 Å². The van der Waals surface area contributed by atoms with Gasteiger partial charge < -0.3 is 14.2 Å². The van der Waals surface area contributed by atoms with E-state index >= 15 is 0 Å². The van der Waals surface area contributed by atoms with Crippen LogP contribution in [0.25, 0.3) is 0 Å². The number of aromatic nitrogens is 1. The Bertz CT molecular complexity index is 692. The lowest BCUT2D eigenvalue weighted by Gasteiger charge is -2.21. The van der Waals surface area contributed by atoms with Crippen LogP contribution in [0.1, 0.15) is 47.2 Å². The van der Waals surface area contributed by atoms with E-state index in [0.29, 0.717) is 5.69 Å². The molecule has 1 aliphatic rings. The first-order valence-corrected chi connectivity index (χ1v) is 7.93. The number of pyridine rings is 1. The maximum absolute atomic E-state index is 14.1. The monoisotopic (exact) mass is 354 g/mol. The molecular weight excluding hydrogens is 331 g/mol. The van der Waals surface area contributed by atoms with Crippen molar-refractivity contribution >= 4 is 17.9 Å². The molecule has 0 saturated carbocycles. The summed E-state index contributed by atoms with van der Waals surface area (Å²) >= 11 is 0. The number of hydrogen-bond donors (Lipinski definition) is 1. The average molecular weight is 354 g/mol. The summed E-state index contributed by atoms with van der Waals surface area (Å²) in [6, 6.07) is 1.08. The fourth-order valence-corrected chi connectivity index (χ4v) is 2.12. The van der Waals surface area contributed by atoms with E-state index in [2.05, 4.69) is 10.3 Å². The Labute approximate surface area is 145 Å². The topological polar surface area (TPSA) is 86.8 Å². The van der Waals surface area contributed by atoms with Crippen LogP contribution in [0.4, 0.5) is 15.0 Å². The van der Waals surface area contributed by atoms with Crippen molar-refractivity contribution < 1.29 is 28.2 Å². The fourth-order valence-electron chi connectivity index (χ4n) is 2.12. The largest absolute Gasteiger partial charge is 0.476 e. The second kappa shape index (κ2) is 6.50. The number of hydrogen-bond acceptors (Lipinski definition) is 6. The van der Waals surface area contributed by atoms with Crippen LogP contribution in [0.15, 0.2) is 6.07 Å². The number of ether oxygens (including phenoxy) is 3. The third-order valence-corrected chi connectivity index (χ3v) is 2.95. The number of carbonyl (C=O) groups excluding carboxylic acids is 2. The molecular formula is C17H23FN2O5. The van der Waals surface area contributed by atoms with Gasteiger partial charge >= 0.3 is 12.1 Å². The van der Waals surface area contributed by atoms with Crippen molar-refractivity contribution in [2.45, 2.75) is 65.3 Å². The number of nitrogens with one attached hydrogen (secondary N) is 1. The minimum Gasteiger partial charge on any atom is -0.476 e. The summed E-state index contributed by atoms with van der Waals surface area (Å²) in [4.78, 5) is 27.9. The van der Waals surface area contributed by atoms with Gasteiger partial charge in [-0.05, 0) is 41.5 Å². The second-order valence-corrected chi connectivity index (χ2v) is 7.73. The number of amides is 1. The third-order valence-electron chi connectivity index (χ3n) is 2.95. The molecule has 25 heavy (non-hydrogen) atoms. The van der Waals surface area contributed by atoms with Gasteiger partial charge in [0.25, 0.3) is 0 Å². The number of anilines is 1. The lowest BCUT2D eigenvalue weighted by atomic mass is 10.1. The van der Waals surface area contributed by atoms with Crippen molar-refractivity contribution in [1.29, 1.82) is 0 Å². The summed E-state index contributed by atoms with van der Waals surface area (Å²) in [6.07, 6.45) is -1.58. The highest BCUT2D eigenvalue weighted by molar-refractivity contribution is 5.84. The van der Waals surface area contributed by atoms with Crippen LogP contribution in [0.2, 0.25) is 0 Å². The number of rotatable bonds is 2. The van der Waals surface area contributed by atoms with Gasteiger partial charge in [-0.2, -0.15) is 0 Å². The van der Waals surface area contributed by atoms with Crippen molar-refractivity contribution in [2.75, 3.05) is 5.32 Å². The van der Waals surface area contributed by atoms with Crippen molar-refractivity contribution in [1.82, 2.24) is 4.98 Å². The smallest absolute Gasteiger partial charge is 0.413 e. The molecule has 7 nitrogen and oxygen atoms in total. The predicted octanol–water partition coefficient (Wildman–Crippen LogP) is 3.21. The zero-order valence-corrected chi connectivity index (χ0v) is 15.2. The number of esters is 1. The number of carbonyl (C=O) groups is 2. The lowest BCUT2D eigenvalue weighted by molar-refractivity contribution is -0.162. The zero-order chi connectivity index (χ0) is 19.0. The minimum atomic E-state index is -0.891. The zero-order valence-electron chi connectivity index (χ0n) is 15.2. The molecule has 8 heteroatoms. The Balaban J connectivity index is 2.10. The molecule has 1 N–H and O–H groups in total. The van der Waals surface area contributed by atoms with Gasteiger partial charge in [-0.15, -0.1) is 0 Å². The third kappa shape index (κ3) is 5.30. The normalized spacial score (nSPS) is 16.7. The maximum atomic E-state index is 14.1. The molecule has 2 rings (SSSR count). The Morgan fingerprint density at radius 3 is 2.36 bits per heavy atom. The van der Waals surface area contributed by atoms with E-state index in [4.69, 9.17) is 14.2 Å². The Hall–Kier alpha value is -2.38. The van der Waals surface area contributed by atoms with Crippen LogP contribution in [0.3, 0.4) is 0 Å². The first-order chi connectivity index (χ1) is 11.3. The van der Waals surface area contributed by atoms with Gasteiger partial charge in [-0.3, -0.25) is 5.32 Å². The van der Waals surface area contributed by atoms with Gasteiger partial charge in [0.05, 0.1) is 5.69 Å². The number of halogens is 1. The molecule has 1 aromatic heterocycles. The molecule has 138 valence electrons. The summed E-state index contributed by atoms with van der Waals surface area (Å²) in [5, 5.41) is 2.26. The van der Waals surface area contributed by atoms with Crippen molar-refractivity contribution in [2.24, 2.45) is 0 Å². The molecule has 0 radical (unpaired) electrons. The first-order valence-electron chi connectivity index (χ1n) is 7.93. The van der Waals surface area contributed by atoms with E-state index < -0.39 is 35.2 Å². The highest BCUT2D eigenvalue weighted by Crippen LogP contribution is 2.31. The second-order valence-electron chi connectivity index (χ2n) is 7.73. The standard InChI is InChI=1S/C17H23FN2O5/c1-16(2,3)24-14(21)12-8-10-11(23-12)7-9(18)13(19-10)20-15(22)25-17(4,5)6/h7,12H,8H2,1-6H3,(H,19,20,22).